The van der Waals surface area contributed by atoms with E-state index in [0.29, 0.717) is 19.5 Å². The van der Waals surface area contributed by atoms with Crippen molar-refractivity contribution in [3.63, 3.8) is 0 Å². The average Bonchev–Trinajstić information content (AvgIpc) is 3.10. The molecule has 1 aliphatic heterocycles. The molecule has 1 unspecified atom stereocenters. The number of carbonyl (C=O) groups excluding carboxylic acids is 1. The van der Waals surface area contributed by atoms with Crippen LogP contribution in [-0.2, 0) is 11.4 Å². The number of urea groups is 1. The van der Waals surface area contributed by atoms with Crippen LogP contribution in [-0.4, -0.2) is 29.4 Å². The third kappa shape index (κ3) is 4.56. The second-order valence-corrected chi connectivity index (χ2v) is 6.19. The predicted molar refractivity (Wildman–Crippen MR) is 96.4 cm³/mol. The zero-order valence-corrected chi connectivity index (χ0v) is 14.5. The summed E-state index contributed by atoms with van der Waals surface area (Å²) >= 11 is 0. The number of pyridine rings is 1. The molecule has 2 amide bonds. The van der Waals surface area contributed by atoms with Gasteiger partial charge in [-0.1, -0.05) is 17.3 Å². The van der Waals surface area contributed by atoms with E-state index in [1.807, 2.05) is 12.1 Å². The van der Waals surface area contributed by atoms with E-state index in [1.54, 1.807) is 12.4 Å². The number of oxime groups is 1. The molecule has 0 aliphatic carbocycles. The van der Waals surface area contributed by atoms with Crippen LogP contribution >= 0.6 is 0 Å². The average molecular weight is 338 g/mol. The molecule has 0 fully saturated rings. The van der Waals surface area contributed by atoms with Gasteiger partial charge in [-0.05, 0) is 54.3 Å². The molecule has 0 saturated heterocycles. The summed E-state index contributed by atoms with van der Waals surface area (Å²) in [6.45, 7) is 5.05. The van der Waals surface area contributed by atoms with Gasteiger partial charge in [-0.25, -0.2) is 4.79 Å². The van der Waals surface area contributed by atoms with Crippen LogP contribution in [0, 0.1) is 13.8 Å². The van der Waals surface area contributed by atoms with Crippen LogP contribution in [0.2, 0.25) is 0 Å². The zero-order chi connectivity index (χ0) is 17.6. The molecule has 0 spiro atoms. The number of amides is 2. The number of hydrogen-bond donors (Lipinski definition) is 2. The van der Waals surface area contributed by atoms with Gasteiger partial charge in [0.1, 0.15) is 0 Å². The van der Waals surface area contributed by atoms with Crippen molar-refractivity contribution in [2.45, 2.75) is 32.9 Å². The molecular formula is C19H22N4O2. The highest BCUT2D eigenvalue weighted by Gasteiger charge is 2.22. The van der Waals surface area contributed by atoms with Crippen LogP contribution in [0.5, 0.6) is 0 Å². The number of aryl methyl sites for hydroxylation is 2. The minimum absolute atomic E-state index is 0.136. The number of aromatic nitrogens is 1. The summed E-state index contributed by atoms with van der Waals surface area (Å²) in [6, 6.07) is 9.77. The summed E-state index contributed by atoms with van der Waals surface area (Å²) in [5, 5.41) is 9.80. The van der Waals surface area contributed by atoms with E-state index in [0.717, 1.165) is 16.8 Å². The van der Waals surface area contributed by atoms with Gasteiger partial charge < -0.3 is 15.5 Å². The Morgan fingerprint density at radius 1 is 1.16 bits per heavy atom. The SMILES string of the molecule is Cc1ccc(C2=NOC(CNC(=O)NCc3ccncc3)C2)cc1C. The summed E-state index contributed by atoms with van der Waals surface area (Å²) in [6.07, 6.45) is 3.95. The monoisotopic (exact) mass is 338 g/mol. The van der Waals surface area contributed by atoms with Gasteiger partial charge in [-0.2, -0.15) is 0 Å². The molecular weight excluding hydrogens is 316 g/mol. The first-order valence-electron chi connectivity index (χ1n) is 8.33. The quantitative estimate of drug-likeness (QED) is 0.880. The molecule has 2 aromatic rings. The van der Waals surface area contributed by atoms with Crippen molar-refractivity contribution in [3.8, 4) is 0 Å². The molecule has 1 aromatic carbocycles. The van der Waals surface area contributed by atoms with Crippen LogP contribution in [0.15, 0.2) is 47.9 Å². The Kier molecular flexibility index (Phi) is 5.28. The second kappa shape index (κ2) is 7.79. The Hall–Kier alpha value is -2.89. The highest BCUT2D eigenvalue weighted by atomic mass is 16.6. The van der Waals surface area contributed by atoms with Gasteiger partial charge in [0.2, 0.25) is 0 Å². The lowest BCUT2D eigenvalue weighted by atomic mass is 10.0. The third-order valence-corrected chi connectivity index (χ3v) is 4.27. The van der Waals surface area contributed by atoms with E-state index >= 15 is 0 Å². The topological polar surface area (TPSA) is 75.6 Å². The Morgan fingerprint density at radius 2 is 1.96 bits per heavy atom. The maximum Gasteiger partial charge on any atom is 0.315 e. The van der Waals surface area contributed by atoms with Crippen molar-refractivity contribution in [1.82, 2.24) is 15.6 Å². The van der Waals surface area contributed by atoms with Crippen molar-refractivity contribution < 1.29 is 9.63 Å². The van der Waals surface area contributed by atoms with Crippen molar-refractivity contribution in [1.29, 1.82) is 0 Å². The lowest BCUT2D eigenvalue weighted by Crippen LogP contribution is -2.39. The van der Waals surface area contributed by atoms with Crippen LogP contribution in [0.1, 0.15) is 28.7 Å². The molecule has 0 bridgehead atoms. The molecule has 2 heterocycles. The lowest BCUT2D eigenvalue weighted by molar-refractivity contribution is 0.0865. The minimum atomic E-state index is -0.222. The molecule has 3 rings (SSSR count). The third-order valence-electron chi connectivity index (χ3n) is 4.27. The molecule has 0 radical (unpaired) electrons. The fraction of sp³-hybridized carbons (Fsp3) is 0.316. The number of nitrogens with zero attached hydrogens (tertiary/aromatic N) is 2. The molecule has 0 saturated carbocycles. The standard InChI is InChI=1S/C19H22N4O2/c1-13-3-4-16(9-14(13)2)18-10-17(25-23-18)12-22-19(24)21-11-15-5-7-20-8-6-15/h3-9,17H,10-12H2,1-2H3,(H2,21,22,24). The van der Waals surface area contributed by atoms with Crippen molar-refractivity contribution >= 4 is 11.7 Å². The first kappa shape index (κ1) is 17.0. The van der Waals surface area contributed by atoms with Crippen LogP contribution in [0.25, 0.3) is 0 Å². The Morgan fingerprint density at radius 3 is 2.72 bits per heavy atom. The molecule has 1 aliphatic rings. The fourth-order valence-electron chi connectivity index (χ4n) is 2.58. The largest absolute Gasteiger partial charge is 0.390 e. The zero-order valence-electron chi connectivity index (χ0n) is 14.5. The van der Waals surface area contributed by atoms with Crippen LogP contribution in [0.3, 0.4) is 0 Å². The second-order valence-electron chi connectivity index (χ2n) is 6.19. The number of hydrogen-bond acceptors (Lipinski definition) is 4. The van der Waals surface area contributed by atoms with Crippen molar-refractivity contribution in [2.75, 3.05) is 6.54 Å². The molecule has 1 aromatic heterocycles. The molecule has 130 valence electrons. The summed E-state index contributed by atoms with van der Waals surface area (Å²) in [5.41, 5.74) is 5.49. The molecule has 25 heavy (non-hydrogen) atoms. The number of benzene rings is 1. The van der Waals surface area contributed by atoms with E-state index < -0.39 is 0 Å². The van der Waals surface area contributed by atoms with Crippen molar-refractivity contribution in [3.05, 3.63) is 65.0 Å². The van der Waals surface area contributed by atoms with Gasteiger partial charge in [0.15, 0.2) is 6.10 Å². The maximum absolute atomic E-state index is 11.9. The van der Waals surface area contributed by atoms with Gasteiger partial charge in [-0.15, -0.1) is 0 Å². The Bertz CT molecular complexity index is 774. The van der Waals surface area contributed by atoms with E-state index in [9.17, 15) is 4.79 Å². The van der Waals surface area contributed by atoms with Gasteiger partial charge in [-0.3, -0.25) is 4.98 Å². The molecule has 6 nitrogen and oxygen atoms in total. The van der Waals surface area contributed by atoms with Gasteiger partial charge in [0, 0.05) is 25.4 Å². The Labute approximate surface area is 147 Å². The lowest BCUT2D eigenvalue weighted by Gasteiger charge is -2.11. The molecule has 1 atom stereocenters. The maximum atomic E-state index is 11.9. The number of nitrogens with one attached hydrogen (secondary N) is 2. The summed E-state index contributed by atoms with van der Waals surface area (Å²) in [7, 11) is 0. The summed E-state index contributed by atoms with van der Waals surface area (Å²) < 4.78 is 0. The van der Waals surface area contributed by atoms with E-state index in [2.05, 4.69) is 52.8 Å². The number of carbonyl (C=O) groups is 1. The summed E-state index contributed by atoms with van der Waals surface area (Å²) in [4.78, 5) is 21.3. The van der Waals surface area contributed by atoms with E-state index in [-0.39, 0.29) is 12.1 Å². The Balaban J connectivity index is 1.43. The van der Waals surface area contributed by atoms with E-state index in [4.69, 9.17) is 4.84 Å². The minimum Gasteiger partial charge on any atom is -0.390 e. The van der Waals surface area contributed by atoms with Gasteiger partial charge in [0.25, 0.3) is 0 Å². The van der Waals surface area contributed by atoms with Crippen LogP contribution in [0.4, 0.5) is 4.79 Å². The summed E-state index contributed by atoms with van der Waals surface area (Å²) in [5.74, 6) is 0. The van der Waals surface area contributed by atoms with Gasteiger partial charge in [0.05, 0.1) is 12.3 Å². The highest BCUT2D eigenvalue weighted by Crippen LogP contribution is 2.18. The predicted octanol–water partition coefficient (Wildman–Crippen LogP) is 2.69. The van der Waals surface area contributed by atoms with Crippen molar-refractivity contribution in [2.24, 2.45) is 5.16 Å². The smallest absolute Gasteiger partial charge is 0.315 e. The first-order valence-corrected chi connectivity index (χ1v) is 8.33. The molecule has 2 N–H and O–H groups in total. The normalized spacial score (nSPS) is 16.1. The fourth-order valence-corrected chi connectivity index (χ4v) is 2.58. The van der Waals surface area contributed by atoms with E-state index in [1.165, 1.54) is 11.1 Å². The molecule has 6 heteroatoms. The van der Waals surface area contributed by atoms with Gasteiger partial charge >= 0.3 is 6.03 Å². The number of rotatable bonds is 5. The van der Waals surface area contributed by atoms with Crippen LogP contribution < -0.4 is 10.6 Å². The first-order chi connectivity index (χ1) is 12.1. The highest BCUT2D eigenvalue weighted by molar-refractivity contribution is 6.01.